The van der Waals surface area contributed by atoms with Gasteiger partial charge in [0, 0.05) is 35.3 Å². The van der Waals surface area contributed by atoms with Gasteiger partial charge in [-0.15, -0.1) is 0 Å². The van der Waals surface area contributed by atoms with E-state index in [0.717, 1.165) is 6.07 Å². The van der Waals surface area contributed by atoms with Crippen LogP contribution in [0.3, 0.4) is 0 Å². The van der Waals surface area contributed by atoms with Gasteiger partial charge < -0.3 is 14.8 Å². The van der Waals surface area contributed by atoms with E-state index in [-0.39, 0.29) is 39.8 Å². The Bertz CT molecular complexity index is 1480. The second-order valence-electron chi connectivity index (χ2n) is 8.70. The molecule has 0 aliphatic carbocycles. The minimum absolute atomic E-state index is 0.0508. The number of rotatable bonds is 8. The van der Waals surface area contributed by atoms with Gasteiger partial charge in [0.15, 0.2) is 5.43 Å². The van der Waals surface area contributed by atoms with E-state index in [0.29, 0.717) is 23.2 Å². The second kappa shape index (κ2) is 10.4. The molecule has 186 valence electrons. The molecule has 0 aliphatic heterocycles. The van der Waals surface area contributed by atoms with Crippen molar-refractivity contribution in [2.75, 3.05) is 6.54 Å². The SMILES string of the molecule is CC(CNC(C)c1ccccc1C(=O)O)c1cc(F)cc2c(=O)cc(-c3cccc(C(F)F)c3)oc12. The number of fused-ring (bicyclic) bond motifs is 1. The maximum Gasteiger partial charge on any atom is 0.336 e. The summed E-state index contributed by atoms with van der Waals surface area (Å²) in [5.74, 6) is -1.87. The van der Waals surface area contributed by atoms with Crippen LogP contribution in [-0.2, 0) is 0 Å². The van der Waals surface area contributed by atoms with Crippen molar-refractivity contribution in [1.82, 2.24) is 5.32 Å². The highest BCUT2D eigenvalue weighted by atomic mass is 19.3. The minimum Gasteiger partial charge on any atom is -0.478 e. The molecule has 4 rings (SSSR count). The maximum atomic E-state index is 14.5. The number of halogens is 3. The third kappa shape index (κ3) is 5.18. The molecule has 8 heteroatoms. The molecule has 0 spiro atoms. The summed E-state index contributed by atoms with van der Waals surface area (Å²) in [5.41, 5.74) is 1.01. The third-order valence-corrected chi connectivity index (χ3v) is 6.16. The molecule has 0 bridgehead atoms. The van der Waals surface area contributed by atoms with Crippen molar-refractivity contribution in [3.8, 4) is 11.3 Å². The Kier molecular flexibility index (Phi) is 7.26. The first kappa shape index (κ1) is 25.2. The molecule has 0 radical (unpaired) electrons. The average Bonchev–Trinajstić information content (AvgIpc) is 2.87. The van der Waals surface area contributed by atoms with E-state index < -0.39 is 23.6 Å². The minimum atomic E-state index is -2.68. The lowest BCUT2D eigenvalue weighted by Gasteiger charge is -2.20. The molecule has 4 aromatic rings. The average molecular weight is 495 g/mol. The smallest absolute Gasteiger partial charge is 0.336 e. The Morgan fingerprint density at radius 3 is 2.47 bits per heavy atom. The van der Waals surface area contributed by atoms with Crippen molar-refractivity contribution in [1.29, 1.82) is 0 Å². The standard InChI is InChI=1S/C28H24F3NO4/c1-15(14-32-16(2)20-8-3-4-9-21(20)28(34)35)22-11-19(29)12-23-24(33)13-25(36-26(22)23)17-6-5-7-18(10-17)27(30)31/h3-13,15-16,27,32H,14H2,1-2H3,(H,34,35). The van der Waals surface area contributed by atoms with E-state index in [9.17, 15) is 27.9 Å². The molecule has 2 unspecified atom stereocenters. The molecular weight excluding hydrogens is 471 g/mol. The zero-order valence-electron chi connectivity index (χ0n) is 19.6. The number of benzene rings is 3. The van der Waals surface area contributed by atoms with Gasteiger partial charge >= 0.3 is 5.97 Å². The summed E-state index contributed by atoms with van der Waals surface area (Å²) in [6.45, 7) is 3.97. The van der Waals surface area contributed by atoms with Crippen molar-refractivity contribution in [3.63, 3.8) is 0 Å². The highest BCUT2D eigenvalue weighted by Crippen LogP contribution is 2.31. The number of carboxylic acids is 1. The van der Waals surface area contributed by atoms with Gasteiger partial charge in [0.2, 0.25) is 0 Å². The number of hydrogen-bond acceptors (Lipinski definition) is 4. The Balaban J connectivity index is 1.69. The van der Waals surface area contributed by atoms with Crippen LogP contribution < -0.4 is 10.7 Å². The number of nitrogens with one attached hydrogen (secondary N) is 1. The largest absolute Gasteiger partial charge is 0.478 e. The lowest BCUT2D eigenvalue weighted by molar-refractivity contribution is 0.0695. The number of carboxylic acid groups (broad SMARTS) is 1. The zero-order valence-corrected chi connectivity index (χ0v) is 19.6. The monoisotopic (exact) mass is 495 g/mol. The fourth-order valence-electron chi connectivity index (χ4n) is 4.23. The Hall–Kier alpha value is -3.91. The number of carbonyl (C=O) groups is 1. The van der Waals surface area contributed by atoms with E-state index in [1.165, 1.54) is 36.4 Å². The summed E-state index contributed by atoms with van der Waals surface area (Å²) in [6, 6.07) is 15.4. The molecule has 0 aliphatic rings. The normalized spacial score (nSPS) is 13.2. The predicted molar refractivity (Wildman–Crippen MR) is 131 cm³/mol. The molecule has 0 saturated carbocycles. The van der Waals surface area contributed by atoms with E-state index in [2.05, 4.69) is 5.32 Å². The summed E-state index contributed by atoms with van der Waals surface area (Å²) in [6.07, 6.45) is -2.68. The van der Waals surface area contributed by atoms with Crippen molar-refractivity contribution in [2.45, 2.75) is 32.2 Å². The molecule has 2 atom stereocenters. The van der Waals surface area contributed by atoms with Crippen LogP contribution in [0.1, 0.15) is 59.3 Å². The quantitative estimate of drug-likeness (QED) is 0.285. The molecule has 3 aromatic carbocycles. The predicted octanol–water partition coefficient (Wildman–Crippen LogP) is 6.69. The lowest BCUT2D eigenvalue weighted by Crippen LogP contribution is -2.25. The fourth-order valence-corrected chi connectivity index (χ4v) is 4.23. The number of alkyl halides is 2. The Morgan fingerprint density at radius 2 is 1.75 bits per heavy atom. The molecule has 0 saturated heterocycles. The molecule has 5 nitrogen and oxygen atoms in total. The topological polar surface area (TPSA) is 79.5 Å². The third-order valence-electron chi connectivity index (χ3n) is 6.16. The van der Waals surface area contributed by atoms with Gasteiger partial charge in [-0.3, -0.25) is 4.79 Å². The summed E-state index contributed by atoms with van der Waals surface area (Å²) in [5, 5.41) is 12.8. The van der Waals surface area contributed by atoms with Crippen LogP contribution in [0.25, 0.3) is 22.3 Å². The van der Waals surface area contributed by atoms with Gasteiger partial charge in [-0.25, -0.2) is 18.0 Å². The summed E-state index contributed by atoms with van der Waals surface area (Å²) in [7, 11) is 0. The van der Waals surface area contributed by atoms with E-state index in [1.54, 1.807) is 24.3 Å². The number of aromatic carboxylic acids is 1. The van der Waals surface area contributed by atoms with Crippen molar-refractivity contribution in [3.05, 3.63) is 105 Å². The lowest BCUT2D eigenvalue weighted by atomic mass is 9.96. The zero-order chi connectivity index (χ0) is 26.0. The highest BCUT2D eigenvalue weighted by molar-refractivity contribution is 5.89. The summed E-state index contributed by atoms with van der Waals surface area (Å²) in [4.78, 5) is 24.4. The van der Waals surface area contributed by atoms with Crippen molar-refractivity contribution < 1.29 is 27.5 Å². The molecule has 2 N–H and O–H groups in total. The van der Waals surface area contributed by atoms with E-state index in [4.69, 9.17) is 4.42 Å². The number of hydrogen-bond donors (Lipinski definition) is 2. The van der Waals surface area contributed by atoms with Gasteiger partial charge in [0.1, 0.15) is 17.2 Å². The van der Waals surface area contributed by atoms with Gasteiger partial charge in [-0.05, 0) is 42.7 Å². The molecule has 36 heavy (non-hydrogen) atoms. The van der Waals surface area contributed by atoms with Gasteiger partial charge in [0.05, 0.1) is 10.9 Å². The van der Waals surface area contributed by atoms with Crippen LogP contribution in [0.15, 0.2) is 75.9 Å². The molecular formula is C28H24F3NO4. The van der Waals surface area contributed by atoms with Crippen LogP contribution in [0.5, 0.6) is 0 Å². The Labute approximate surface area is 205 Å². The van der Waals surface area contributed by atoms with Crippen LogP contribution >= 0.6 is 0 Å². The first-order valence-corrected chi connectivity index (χ1v) is 11.4. The molecule has 1 heterocycles. The highest BCUT2D eigenvalue weighted by Gasteiger charge is 2.20. The molecule has 0 amide bonds. The van der Waals surface area contributed by atoms with Crippen LogP contribution in [0.2, 0.25) is 0 Å². The van der Waals surface area contributed by atoms with Gasteiger partial charge in [0.25, 0.3) is 6.43 Å². The van der Waals surface area contributed by atoms with Crippen molar-refractivity contribution in [2.24, 2.45) is 0 Å². The van der Waals surface area contributed by atoms with E-state index >= 15 is 0 Å². The van der Waals surface area contributed by atoms with Crippen LogP contribution in [0.4, 0.5) is 13.2 Å². The maximum absolute atomic E-state index is 14.5. The van der Waals surface area contributed by atoms with E-state index in [1.807, 2.05) is 13.8 Å². The van der Waals surface area contributed by atoms with Crippen LogP contribution in [0, 0.1) is 5.82 Å². The van der Waals surface area contributed by atoms with Gasteiger partial charge in [-0.2, -0.15) is 0 Å². The van der Waals surface area contributed by atoms with Crippen LogP contribution in [-0.4, -0.2) is 17.6 Å². The molecule has 1 aromatic heterocycles. The Morgan fingerprint density at radius 1 is 1.00 bits per heavy atom. The first-order valence-electron chi connectivity index (χ1n) is 11.4. The van der Waals surface area contributed by atoms with Gasteiger partial charge in [-0.1, -0.05) is 43.3 Å². The second-order valence-corrected chi connectivity index (χ2v) is 8.70. The summed E-state index contributed by atoms with van der Waals surface area (Å²) < 4.78 is 46.8. The first-order chi connectivity index (χ1) is 17.2. The fraction of sp³-hybridized carbons (Fsp3) is 0.214. The molecule has 0 fully saturated rings. The summed E-state index contributed by atoms with van der Waals surface area (Å²) >= 11 is 0. The van der Waals surface area contributed by atoms with Crippen molar-refractivity contribution >= 4 is 16.9 Å².